The van der Waals surface area contributed by atoms with Gasteiger partial charge in [0.25, 0.3) is 0 Å². The van der Waals surface area contributed by atoms with Crippen LogP contribution in [-0.4, -0.2) is 37.0 Å². The van der Waals surface area contributed by atoms with Crippen LogP contribution < -0.4 is 5.32 Å². The van der Waals surface area contributed by atoms with E-state index in [4.69, 9.17) is 0 Å². The van der Waals surface area contributed by atoms with Crippen LogP contribution in [0.2, 0.25) is 0 Å². The maximum absolute atomic E-state index is 11.6. The summed E-state index contributed by atoms with van der Waals surface area (Å²) < 4.78 is 0. The predicted molar refractivity (Wildman–Crippen MR) is 53.5 cm³/mol. The second-order valence-corrected chi connectivity index (χ2v) is 3.98. The standard InChI is InChI=1S/C10H20N2O/c1-8-5-4-6-12(9(8)2)10(13)7-11-3/h8-9,11H,4-7H2,1-3H3. The van der Waals surface area contributed by atoms with Crippen LogP contribution in [0.1, 0.15) is 26.7 Å². The number of hydrogen-bond acceptors (Lipinski definition) is 2. The van der Waals surface area contributed by atoms with E-state index in [-0.39, 0.29) is 5.91 Å². The van der Waals surface area contributed by atoms with Gasteiger partial charge in [0.05, 0.1) is 6.54 Å². The molecule has 1 amide bonds. The zero-order valence-corrected chi connectivity index (χ0v) is 8.84. The van der Waals surface area contributed by atoms with Gasteiger partial charge in [-0.15, -0.1) is 0 Å². The molecule has 0 aromatic heterocycles. The Balaban J connectivity index is 2.52. The van der Waals surface area contributed by atoms with Gasteiger partial charge in [-0.2, -0.15) is 0 Å². The van der Waals surface area contributed by atoms with Crippen LogP contribution >= 0.6 is 0 Å². The number of carbonyl (C=O) groups is 1. The molecule has 2 atom stereocenters. The third-order valence-electron chi connectivity index (χ3n) is 3.02. The Bertz CT molecular complexity index is 182. The van der Waals surface area contributed by atoms with Gasteiger partial charge in [0, 0.05) is 12.6 Å². The van der Waals surface area contributed by atoms with E-state index in [0.717, 1.165) is 13.0 Å². The van der Waals surface area contributed by atoms with Gasteiger partial charge in [-0.05, 0) is 32.7 Å². The van der Waals surface area contributed by atoms with E-state index >= 15 is 0 Å². The first-order valence-corrected chi connectivity index (χ1v) is 5.11. The molecule has 0 aliphatic carbocycles. The van der Waals surface area contributed by atoms with Crippen molar-refractivity contribution in [3.8, 4) is 0 Å². The second-order valence-electron chi connectivity index (χ2n) is 3.98. The highest BCUT2D eigenvalue weighted by Crippen LogP contribution is 2.22. The monoisotopic (exact) mass is 184 g/mol. The van der Waals surface area contributed by atoms with E-state index in [9.17, 15) is 4.79 Å². The van der Waals surface area contributed by atoms with Crippen molar-refractivity contribution >= 4 is 5.91 Å². The molecular formula is C10H20N2O. The Morgan fingerprint density at radius 3 is 2.85 bits per heavy atom. The lowest BCUT2D eigenvalue weighted by atomic mass is 9.92. The molecule has 1 saturated heterocycles. The summed E-state index contributed by atoms with van der Waals surface area (Å²) in [6.45, 7) is 5.78. The molecule has 76 valence electrons. The number of carbonyl (C=O) groups excluding carboxylic acids is 1. The maximum atomic E-state index is 11.6. The van der Waals surface area contributed by atoms with E-state index < -0.39 is 0 Å². The lowest BCUT2D eigenvalue weighted by Crippen LogP contribution is -2.48. The lowest BCUT2D eigenvalue weighted by molar-refractivity contribution is -0.134. The van der Waals surface area contributed by atoms with Crippen molar-refractivity contribution in [2.75, 3.05) is 20.1 Å². The SMILES string of the molecule is CNCC(=O)N1CCCC(C)C1C. The van der Waals surface area contributed by atoms with E-state index in [1.54, 1.807) is 0 Å². The zero-order chi connectivity index (χ0) is 9.84. The van der Waals surface area contributed by atoms with Gasteiger partial charge >= 0.3 is 0 Å². The van der Waals surface area contributed by atoms with Gasteiger partial charge < -0.3 is 10.2 Å². The number of nitrogens with zero attached hydrogens (tertiary/aromatic N) is 1. The molecule has 0 aromatic carbocycles. The summed E-state index contributed by atoms with van der Waals surface area (Å²) in [7, 11) is 1.82. The highest BCUT2D eigenvalue weighted by Gasteiger charge is 2.27. The molecule has 0 aromatic rings. The summed E-state index contributed by atoms with van der Waals surface area (Å²) in [6.07, 6.45) is 2.41. The van der Waals surface area contributed by atoms with Crippen LogP contribution in [0, 0.1) is 5.92 Å². The molecule has 0 radical (unpaired) electrons. The smallest absolute Gasteiger partial charge is 0.236 e. The summed E-state index contributed by atoms with van der Waals surface area (Å²) in [5.41, 5.74) is 0. The first kappa shape index (κ1) is 10.5. The minimum absolute atomic E-state index is 0.238. The number of likely N-dealkylation sites (tertiary alicyclic amines) is 1. The van der Waals surface area contributed by atoms with Crippen molar-refractivity contribution in [3.63, 3.8) is 0 Å². The number of rotatable bonds is 2. The van der Waals surface area contributed by atoms with Crippen LogP contribution in [0.5, 0.6) is 0 Å². The molecule has 2 unspecified atom stereocenters. The fourth-order valence-corrected chi connectivity index (χ4v) is 1.94. The Labute approximate surface area is 80.5 Å². The molecule has 0 bridgehead atoms. The maximum Gasteiger partial charge on any atom is 0.236 e. The van der Waals surface area contributed by atoms with Gasteiger partial charge in [-0.3, -0.25) is 4.79 Å². The van der Waals surface area contributed by atoms with Gasteiger partial charge in [0.15, 0.2) is 0 Å². The highest BCUT2D eigenvalue weighted by molar-refractivity contribution is 5.78. The lowest BCUT2D eigenvalue weighted by Gasteiger charge is -2.38. The largest absolute Gasteiger partial charge is 0.339 e. The minimum Gasteiger partial charge on any atom is -0.339 e. The number of likely N-dealkylation sites (N-methyl/N-ethyl adjacent to an activating group) is 1. The summed E-state index contributed by atoms with van der Waals surface area (Å²) in [4.78, 5) is 13.6. The van der Waals surface area contributed by atoms with Crippen LogP contribution in [0.3, 0.4) is 0 Å². The van der Waals surface area contributed by atoms with Gasteiger partial charge in [-0.25, -0.2) is 0 Å². The molecule has 3 nitrogen and oxygen atoms in total. The third-order valence-corrected chi connectivity index (χ3v) is 3.02. The Morgan fingerprint density at radius 2 is 2.23 bits per heavy atom. The van der Waals surface area contributed by atoms with Crippen molar-refractivity contribution < 1.29 is 4.79 Å². The molecule has 0 spiro atoms. The van der Waals surface area contributed by atoms with Crippen LogP contribution in [0.25, 0.3) is 0 Å². The second kappa shape index (κ2) is 4.61. The van der Waals surface area contributed by atoms with Crippen LogP contribution in [0.15, 0.2) is 0 Å². The molecule has 1 aliphatic heterocycles. The predicted octanol–water partition coefficient (Wildman–Crippen LogP) is 0.853. The molecule has 0 saturated carbocycles. The third kappa shape index (κ3) is 2.44. The summed E-state index contributed by atoms with van der Waals surface area (Å²) in [6, 6.07) is 0.412. The molecule has 3 heteroatoms. The molecule has 1 N–H and O–H groups in total. The molecule has 1 fully saturated rings. The number of amides is 1. The van der Waals surface area contributed by atoms with Crippen LogP contribution in [-0.2, 0) is 4.79 Å². The Morgan fingerprint density at radius 1 is 1.54 bits per heavy atom. The Hall–Kier alpha value is -0.570. The fraction of sp³-hybridized carbons (Fsp3) is 0.900. The average Bonchev–Trinajstić information content (AvgIpc) is 2.10. The van der Waals surface area contributed by atoms with Gasteiger partial charge in [-0.1, -0.05) is 6.92 Å². The van der Waals surface area contributed by atoms with Crippen molar-refractivity contribution in [2.45, 2.75) is 32.7 Å². The van der Waals surface area contributed by atoms with Crippen molar-refractivity contribution in [1.82, 2.24) is 10.2 Å². The first-order valence-electron chi connectivity index (χ1n) is 5.11. The fourth-order valence-electron chi connectivity index (χ4n) is 1.94. The quantitative estimate of drug-likeness (QED) is 0.690. The molecule has 1 aliphatic rings. The summed E-state index contributed by atoms with van der Waals surface area (Å²) >= 11 is 0. The highest BCUT2D eigenvalue weighted by atomic mass is 16.2. The Kier molecular flexibility index (Phi) is 3.72. The molecule has 13 heavy (non-hydrogen) atoms. The van der Waals surface area contributed by atoms with Crippen molar-refractivity contribution in [2.24, 2.45) is 5.92 Å². The first-order chi connectivity index (χ1) is 6.16. The normalized spacial score (nSPS) is 29.0. The van der Waals surface area contributed by atoms with E-state index in [1.807, 2.05) is 11.9 Å². The molecular weight excluding hydrogens is 164 g/mol. The van der Waals surface area contributed by atoms with Crippen molar-refractivity contribution in [3.05, 3.63) is 0 Å². The van der Waals surface area contributed by atoms with E-state index in [2.05, 4.69) is 19.2 Å². The average molecular weight is 184 g/mol. The molecule has 1 heterocycles. The summed E-state index contributed by atoms with van der Waals surface area (Å²) in [5.74, 6) is 0.885. The van der Waals surface area contributed by atoms with Crippen LogP contribution in [0.4, 0.5) is 0 Å². The van der Waals surface area contributed by atoms with Gasteiger partial charge in [0.2, 0.25) is 5.91 Å². The minimum atomic E-state index is 0.238. The van der Waals surface area contributed by atoms with Gasteiger partial charge in [0.1, 0.15) is 0 Å². The van der Waals surface area contributed by atoms with E-state index in [1.165, 1.54) is 6.42 Å². The summed E-state index contributed by atoms with van der Waals surface area (Å²) in [5, 5.41) is 2.91. The number of nitrogens with one attached hydrogen (secondary N) is 1. The van der Waals surface area contributed by atoms with Crippen molar-refractivity contribution in [1.29, 1.82) is 0 Å². The number of piperidine rings is 1. The number of hydrogen-bond donors (Lipinski definition) is 1. The zero-order valence-electron chi connectivity index (χ0n) is 8.84. The topological polar surface area (TPSA) is 32.3 Å². The van der Waals surface area contributed by atoms with E-state index in [0.29, 0.717) is 18.5 Å². The molecule has 1 rings (SSSR count).